The summed E-state index contributed by atoms with van der Waals surface area (Å²) in [7, 11) is 1.28. The number of imide groups is 1. The summed E-state index contributed by atoms with van der Waals surface area (Å²) in [5, 5.41) is -0.806. The summed E-state index contributed by atoms with van der Waals surface area (Å²) in [5.74, 6) is -0.505. The molecule has 0 atom stereocenters. The van der Waals surface area contributed by atoms with Crippen LogP contribution < -0.4 is 0 Å². The molecule has 0 N–H and O–H groups in total. The largest absolute Gasteiger partial charge is 0.323 e. The third kappa shape index (κ3) is 2.28. The first-order valence-corrected chi connectivity index (χ1v) is 2.57. The molecule has 0 aromatic carbocycles. The molecule has 0 spiro atoms. The predicted octanol–water partition coefficient (Wildman–Crippen LogP) is 0.990. The third-order valence-corrected chi connectivity index (χ3v) is 1.02. The zero-order valence-electron chi connectivity index (χ0n) is 4.93. The van der Waals surface area contributed by atoms with Gasteiger partial charge in [-0.25, -0.2) is 0 Å². The summed E-state index contributed by atoms with van der Waals surface area (Å²) in [6.07, 6.45) is 1.01. The van der Waals surface area contributed by atoms with Gasteiger partial charge in [0.1, 0.15) is 0 Å². The first-order chi connectivity index (χ1) is 4.09. The van der Waals surface area contributed by atoms with Crippen molar-refractivity contribution in [2.24, 2.45) is 0 Å². The van der Waals surface area contributed by atoms with Gasteiger partial charge in [0.05, 0.1) is 0 Å². The van der Waals surface area contributed by atoms with Crippen molar-refractivity contribution < 1.29 is 9.59 Å². The van der Waals surface area contributed by atoms with Crippen LogP contribution in [-0.2, 0) is 4.79 Å². The van der Waals surface area contributed by atoms with Crippen molar-refractivity contribution >= 4 is 22.9 Å². The summed E-state index contributed by atoms with van der Waals surface area (Å²) >= 11 is 4.92. The fourth-order valence-electron chi connectivity index (χ4n) is 0.224. The molecule has 0 rings (SSSR count). The molecular formula is C5H6ClNO2. The van der Waals surface area contributed by atoms with Crippen molar-refractivity contribution in [2.45, 2.75) is 0 Å². The quantitative estimate of drug-likeness (QED) is 0.315. The molecule has 0 fully saturated rings. The van der Waals surface area contributed by atoms with Crippen molar-refractivity contribution in [1.29, 1.82) is 0 Å². The fraction of sp³-hybridized carbons (Fsp3) is 0.200. The van der Waals surface area contributed by atoms with Gasteiger partial charge >= 0.3 is 5.37 Å². The zero-order chi connectivity index (χ0) is 7.44. The molecule has 0 unspecified atom stereocenters. The Balaban J connectivity index is 4.03. The molecule has 50 valence electrons. The fourth-order valence-corrected chi connectivity index (χ4v) is 0.307. The molecule has 3 nitrogen and oxygen atoms in total. The number of halogens is 1. The molecule has 0 aromatic heterocycles. The molecule has 2 amide bonds. The molecule has 0 saturated carbocycles. The van der Waals surface area contributed by atoms with Crippen molar-refractivity contribution in [1.82, 2.24) is 4.90 Å². The Morgan fingerprint density at radius 1 is 1.67 bits per heavy atom. The molecule has 0 saturated heterocycles. The van der Waals surface area contributed by atoms with Gasteiger partial charge in [-0.15, -0.1) is 0 Å². The second-order valence-electron chi connectivity index (χ2n) is 1.35. The Bertz CT molecular complexity index is 155. The van der Waals surface area contributed by atoms with Crippen LogP contribution in [0.15, 0.2) is 12.7 Å². The maximum atomic E-state index is 10.5. The van der Waals surface area contributed by atoms with Crippen LogP contribution in [0.5, 0.6) is 0 Å². The number of rotatable bonds is 1. The first-order valence-electron chi connectivity index (χ1n) is 2.19. The van der Waals surface area contributed by atoms with Crippen LogP contribution in [0.25, 0.3) is 0 Å². The predicted molar refractivity (Wildman–Crippen MR) is 34.2 cm³/mol. The Kier molecular flexibility index (Phi) is 2.95. The maximum Gasteiger partial charge on any atom is 0.323 e. The van der Waals surface area contributed by atoms with Gasteiger partial charge in [0.15, 0.2) is 0 Å². The van der Waals surface area contributed by atoms with E-state index in [-0.39, 0.29) is 0 Å². The van der Waals surface area contributed by atoms with E-state index in [1.165, 1.54) is 7.05 Å². The van der Waals surface area contributed by atoms with E-state index in [2.05, 4.69) is 6.58 Å². The zero-order valence-corrected chi connectivity index (χ0v) is 5.68. The van der Waals surface area contributed by atoms with E-state index < -0.39 is 11.3 Å². The van der Waals surface area contributed by atoms with Gasteiger partial charge in [0, 0.05) is 7.05 Å². The van der Waals surface area contributed by atoms with E-state index in [1.54, 1.807) is 0 Å². The average molecular weight is 148 g/mol. The minimum Gasteiger partial charge on any atom is -0.269 e. The standard InChI is InChI=1S/C5H6ClNO2/c1-3-4(8)7(2)5(6)9/h3H,1H2,2H3. The summed E-state index contributed by atoms with van der Waals surface area (Å²) in [6, 6.07) is 0. The van der Waals surface area contributed by atoms with Crippen LogP contribution in [0.1, 0.15) is 0 Å². The molecule has 0 aliphatic heterocycles. The molecule has 9 heavy (non-hydrogen) atoms. The Morgan fingerprint density at radius 3 is 2.22 bits per heavy atom. The molecule has 0 aliphatic rings. The lowest BCUT2D eigenvalue weighted by Crippen LogP contribution is -2.26. The van der Waals surface area contributed by atoms with Crippen LogP contribution in [0.4, 0.5) is 4.79 Å². The molecule has 4 heteroatoms. The van der Waals surface area contributed by atoms with Crippen LogP contribution in [0, 0.1) is 0 Å². The lowest BCUT2D eigenvalue weighted by molar-refractivity contribution is -0.121. The highest BCUT2D eigenvalue weighted by atomic mass is 35.5. The summed E-state index contributed by atoms with van der Waals surface area (Å²) in [4.78, 5) is 21.4. The number of carbonyl (C=O) groups excluding carboxylic acids is 2. The number of amides is 2. The van der Waals surface area contributed by atoms with E-state index in [1.807, 2.05) is 0 Å². The summed E-state index contributed by atoms with van der Waals surface area (Å²) in [5.41, 5.74) is 0. The lowest BCUT2D eigenvalue weighted by atomic mass is 10.5. The third-order valence-electron chi connectivity index (χ3n) is 0.769. The molecule has 0 bridgehead atoms. The second-order valence-corrected chi connectivity index (χ2v) is 1.68. The lowest BCUT2D eigenvalue weighted by Gasteiger charge is -2.05. The van der Waals surface area contributed by atoms with E-state index in [9.17, 15) is 9.59 Å². The molecular weight excluding hydrogens is 142 g/mol. The van der Waals surface area contributed by atoms with E-state index in [4.69, 9.17) is 11.6 Å². The highest BCUT2D eigenvalue weighted by molar-refractivity contribution is 6.64. The first kappa shape index (κ1) is 8.17. The van der Waals surface area contributed by atoms with E-state index >= 15 is 0 Å². The molecule has 0 heterocycles. The van der Waals surface area contributed by atoms with Gasteiger partial charge in [0.2, 0.25) is 0 Å². The van der Waals surface area contributed by atoms with Gasteiger partial charge in [-0.2, -0.15) is 0 Å². The van der Waals surface area contributed by atoms with Crippen LogP contribution in [-0.4, -0.2) is 23.2 Å². The summed E-state index contributed by atoms with van der Waals surface area (Å²) < 4.78 is 0. The minimum absolute atomic E-state index is 0.505. The number of nitrogens with zero attached hydrogens (tertiary/aromatic N) is 1. The number of likely N-dealkylation sites (N-methyl/N-ethyl adjacent to an activating group) is 1. The number of hydrogen-bond acceptors (Lipinski definition) is 2. The SMILES string of the molecule is C=CC(=O)N(C)C(=O)Cl. The van der Waals surface area contributed by atoms with Gasteiger partial charge < -0.3 is 0 Å². The van der Waals surface area contributed by atoms with Crippen LogP contribution >= 0.6 is 11.6 Å². The van der Waals surface area contributed by atoms with Crippen molar-refractivity contribution in [3.8, 4) is 0 Å². The van der Waals surface area contributed by atoms with E-state index in [0.717, 1.165) is 11.0 Å². The Morgan fingerprint density at radius 2 is 2.11 bits per heavy atom. The number of carbonyl (C=O) groups is 2. The minimum atomic E-state index is -0.806. The van der Waals surface area contributed by atoms with Gasteiger partial charge in [-0.3, -0.25) is 14.5 Å². The normalized spacial score (nSPS) is 8.22. The number of hydrogen-bond donors (Lipinski definition) is 0. The van der Waals surface area contributed by atoms with Gasteiger partial charge in [-0.05, 0) is 17.7 Å². The highest BCUT2D eigenvalue weighted by Crippen LogP contribution is 1.92. The van der Waals surface area contributed by atoms with E-state index in [0.29, 0.717) is 0 Å². The van der Waals surface area contributed by atoms with Crippen molar-refractivity contribution in [3.05, 3.63) is 12.7 Å². The average Bonchev–Trinajstić information content (AvgIpc) is 1.84. The maximum absolute atomic E-state index is 10.5. The topological polar surface area (TPSA) is 37.4 Å². The molecule has 0 aromatic rings. The Labute approximate surface area is 57.9 Å². The van der Waals surface area contributed by atoms with Crippen molar-refractivity contribution in [2.75, 3.05) is 7.05 Å². The van der Waals surface area contributed by atoms with Gasteiger partial charge in [-0.1, -0.05) is 6.58 Å². The molecule has 0 aliphatic carbocycles. The van der Waals surface area contributed by atoms with Crippen LogP contribution in [0.2, 0.25) is 0 Å². The summed E-state index contributed by atoms with van der Waals surface area (Å²) in [6.45, 7) is 3.16. The monoisotopic (exact) mass is 147 g/mol. The highest BCUT2D eigenvalue weighted by Gasteiger charge is 2.09. The Hall–Kier alpha value is -0.830. The molecule has 0 radical (unpaired) electrons. The van der Waals surface area contributed by atoms with Crippen LogP contribution in [0.3, 0.4) is 0 Å². The van der Waals surface area contributed by atoms with Crippen molar-refractivity contribution in [3.63, 3.8) is 0 Å². The smallest absolute Gasteiger partial charge is 0.269 e. The van der Waals surface area contributed by atoms with Gasteiger partial charge in [0.25, 0.3) is 5.91 Å². The second kappa shape index (κ2) is 3.25.